The molecule has 1 heterocycles. The Morgan fingerprint density at radius 2 is 2.08 bits per heavy atom. The lowest BCUT2D eigenvalue weighted by molar-refractivity contribution is 0.583. The van der Waals surface area contributed by atoms with Crippen LogP contribution in [0.25, 0.3) is 0 Å². The minimum absolute atomic E-state index is 0.583. The highest BCUT2D eigenvalue weighted by atomic mass is 35.5. The summed E-state index contributed by atoms with van der Waals surface area (Å²) < 4.78 is 11.9. The Hall–Kier alpha value is -0.660. The van der Waals surface area contributed by atoms with E-state index in [4.69, 9.17) is 11.6 Å². The van der Waals surface area contributed by atoms with Crippen LogP contribution < -0.4 is 10.2 Å². The average Bonchev–Trinajstić information content (AvgIpc) is 2.42. The molecule has 1 aliphatic heterocycles. The van der Waals surface area contributed by atoms with Gasteiger partial charge in [0.25, 0.3) is 7.44 Å². The number of hydrogen-bond acceptors (Lipinski definition) is 1. The fourth-order valence-electron chi connectivity index (χ4n) is 1.28. The van der Waals surface area contributed by atoms with Gasteiger partial charge in [-0.2, -0.15) is 0 Å². The smallest absolute Gasteiger partial charge is 0.257 e. The van der Waals surface area contributed by atoms with E-state index in [9.17, 15) is 4.57 Å². The molecule has 0 radical (unpaired) electrons. The Morgan fingerprint density at radius 1 is 1.38 bits per heavy atom. The molecule has 0 unspecified atom stereocenters. The zero-order valence-corrected chi connectivity index (χ0v) is 8.82. The van der Waals surface area contributed by atoms with E-state index in [0.29, 0.717) is 11.2 Å². The largest absolute Gasteiger partial charge is 0.319 e. The van der Waals surface area contributed by atoms with Gasteiger partial charge >= 0.3 is 0 Å². The maximum absolute atomic E-state index is 11.9. The molecule has 1 aromatic carbocycles. The molecular weight excluding hydrogens is 207 g/mol. The first-order valence-corrected chi connectivity index (χ1v) is 6.35. The molecule has 0 aromatic heterocycles. The Labute approximate surface area is 82.0 Å². The van der Waals surface area contributed by atoms with Gasteiger partial charge in [0.15, 0.2) is 0 Å². The highest BCUT2D eigenvalue weighted by Gasteiger charge is 2.27. The number of anilines is 2. The predicted octanol–water partition coefficient (Wildman–Crippen LogP) is 3.39. The second-order valence-corrected chi connectivity index (χ2v) is 5.96. The molecule has 0 saturated carbocycles. The van der Waals surface area contributed by atoms with Crippen molar-refractivity contribution in [3.63, 3.8) is 0 Å². The Kier molecular flexibility index (Phi) is 2.01. The summed E-state index contributed by atoms with van der Waals surface area (Å²) >= 11 is 5.80. The molecule has 70 valence electrons. The molecule has 2 rings (SSSR count). The number of rotatable bonds is 1. The normalized spacial score (nSPS) is 24.8. The third-order valence-corrected chi connectivity index (χ3v) is 4.36. The Morgan fingerprint density at radius 3 is 2.77 bits per heavy atom. The molecule has 13 heavy (non-hydrogen) atoms. The van der Waals surface area contributed by atoms with Crippen LogP contribution in [0.5, 0.6) is 0 Å². The average molecular weight is 217 g/mol. The van der Waals surface area contributed by atoms with E-state index in [-0.39, 0.29) is 0 Å². The van der Waals surface area contributed by atoms with Crippen molar-refractivity contribution in [2.75, 3.05) is 16.3 Å². The van der Waals surface area contributed by atoms with Crippen LogP contribution in [0.2, 0.25) is 5.02 Å². The van der Waals surface area contributed by atoms with E-state index in [1.54, 1.807) is 12.1 Å². The highest BCUT2D eigenvalue weighted by Crippen LogP contribution is 2.53. The fraction of sp³-hybridized carbons (Fsp3) is 0.250. The topological polar surface area (TPSA) is 41.1 Å². The van der Waals surface area contributed by atoms with E-state index in [0.717, 1.165) is 11.4 Å². The molecule has 1 aliphatic rings. The lowest BCUT2D eigenvalue weighted by Crippen LogP contribution is -1.97. The maximum Gasteiger partial charge on any atom is 0.257 e. The molecule has 3 nitrogen and oxygen atoms in total. The van der Waals surface area contributed by atoms with Crippen LogP contribution in [-0.2, 0) is 4.57 Å². The van der Waals surface area contributed by atoms with Crippen LogP contribution in [0.15, 0.2) is 18.2 Å². The van der Waals surface area contributed by atoms with Crippen LogP contribution >= 0.6 is 19.0 Å². The first-order chi connectivity index (χ1) is 6.13. The van der Waals surface area contributed by atoms with Crippen molar-refractivity contribution >= 4 is 30.4 Å². The number of hydrogen-bond donors (Lipinski definition) is 2. The van der Waals surface area contributed by atoms with E-state index in [1.807, 2.05) is 13.0 Å². The first kappa shape index (κ1) is 8.92. The van der Waals surface area contributed by atoms with Crippen molar-refractivity contribution in [2.24, 2.45) is 0 Å². The van der Waals surface area contributed by atoms with E-state index in [2.05, 4.69) is 10.2 Å². The van der Waals surface area contributed by atoms with Crippen LogP contribution in [0.1, 0.15) is 6.92 Å². The molecule has 2 N–H and O–H groups in total. The summed E-state index contributed by atoms with van der Waals surface area (Å²) in [5, 5.41) is 6.59. The van der Waals surface area contributed by atoms with Crippen LogP contribution in [0.3, 0.4) is 0 Å². The minimum atomic E-state index is -2.41. The molecular formula is C8H10ClN2OP. The van der Waals surface area contributed by atoms with Crippen molar-refractivity contribution in [1.82, 2.24) is 0 Å². The quantitative estimate of drug-likeness (QED) is 0.707. The summed E-state index contributed by atoms with van der Waals surface area (Å²) in [7, 11) is -2.41. The Balaban J connectivity index is 2.41. The van der Waals surface area contributed by atoms with Gasteiger partial charge in [0, 0.05) is 11.2 Å². The summed E-state index contributed by atoms with van der Waals surface area (Å²) in [6.45, 7) is 1.88. The molecule has 0 amide bonds. The van der Waals surface area contributed by atoms with Gasteiger partial charge < -0.3 is 10.2 Å². The van der Waals surface area contributed by atoms with Gasteiger partial charge in [0.1, 0.15) is 0 Å². The molecule has 1 aromatic rings. The van der Waals surface area contributed by atoms with E-state index < -0.39 is 7.44 Å². The van der Waals surface area contributed by atoms with Gasteiger partial charge in [-0.05, 0) is 18.2 Å². The van der Waals surface area contributed by atoms with Gasteiger partial charge in [-0.25, -0.2) is 0 Å². The SMILES string of the molecule is CC[P@]1(=O)Nc2ccc(Cl)cc2N1. The van der Waals surface area contributed by atoms with Crippen molar-refractivity contribution in [3.8, 4) is 0 Å². The lowest BCUT2D eigenvalue weighted by Gasteiger charge is -2.08. The number of fused-ring (bicyclic) bond motifs is 1. The van der Waals surface area contributed by atoms with Gasteiger partial charge in [0.2, 0.25) is 0 Å². The summed E-state index contributed by atoms with van der Waals surface area (Å²) in [5.41, 5.74) is 1.70. The zero-order chi connectivity index (χ0) is 9.47. The van der Waals surface area contributed by atoms with Crippen molar-refractivity contribution in [1.29, 1.82) is 0 Å². The Bertz CT molecular complexity index is 394. The lowest BCUT2D eigenvalue weighted by atomic mass is 10.3. The van der Waals surface area contributed by atoms with Crippen LogP contribution in [-0.4, -0.2) is 6.16 Å². The van der Waals surface area contributed by atoms with E-state index in [1.165, 1.54) is 0 Å². The first-order valence-electron chi connectivity index (χ1n) is 4.08. The summed E-state index contributed by atoms with van der Waals surface area (Å²) in [6.07, 6.45) is 0.583. The molecule has 0 spiro atoms. The van der Waals surface area contributed by atoms with Crippen molar-refractivity contribution in [2.45, 2.75) is 6.92 Å². The standard InChI is InChI=1S/C8H10ClN2OP/c1-2-13(12)10-7-4-3-6(9)5-8(7)11-13/h3-5H,2H2,1H3,(H2,10,11,12)/t13-/m0/s1. The number of benzene rings is 1. The monoisotopic (exact) mass is 216 g/mol. The highest BCUT2D eigenvalue weighted by molar-refractivity contribution is 7.67. The number of halogens is 1. The van der Waals surface area contributed by atoms with Crippen molar-refractivity contribution < 1.29 is 4.57 Å². The molecule has 0 bridgehead atoms. The van der Waals surface area contributed by atoms with Crippen LogP contribution in [0.4, 0.5) is 11.4 Å². The van der Waals surface area contributed by atoms with Gasteiger partial charge in [-0.3, -0.25) is 4.57 Å². The third-order valence-electron chi connectivity index (χ3n) is 2.03. The molecule has 0 aliphatic carbocycles. The van der Waals surface area contributed by atoms with Gasteiger partial charge in [-0.15, -0.1) is 0 Å². The summed E-state index contributed by atoms with van der Waals surface area (Å²) in [5.74, 6) is 0. The fourth-order valence-corrected chi connectivity index (χ4v) is 2.98. The third kappa shape index (κ3) is 1.54. The van der Waals surface area contributed by atoms with Gasteiger partial charge in [0.05, 0.1) is 11.4 Å². The second-order valence-electron chi connectivity index (χ2n) is 2.97. The van der Waals surface area contributed by atoms with Crippen molar-refractivity contribution in [3.05, 3.63) is 23.2 Å². The van der Waals surface area contributed by atoms with Crippen LogP contribution in [0, 0.1) is 0 Å². The zero-order valence-electron chi connectivity index (χ0n) is 7.17. The maximum atomic E-state index is 11.9. The van der Waals surface area contributed by atoms with Gasteiger partial charge in [-0.1, -0.05) is 18.5 Å². The predicted molar refractivity (Wildman–Crippen MR) is 56.8 cm³/mol. The molecule has 0 fully saturated rings. The summed E-state index contributed by atoms with van der Waals surface area (Å²) in [6, 6.07) is 5.39. The molecule has 1 atom stereocenters. The second kappa shape index (κ2) is 2.93. The minimum Gasteiger partial charge on any atom is -0.319 e. The number of nitrogens with one attached hydrogen (secondary N) is 2. The molecule has 0 saturated heterocycles. The molecule has 5 heteroatoms. The van der Waals surface area contributed by atoms with E-state index >= 15 is 0 Å². The summed E-state index contributed by atoms with van der Waals surface area (Å²) in [4.78, 5) is 0.